The van der Waals surface area contributed by atoms with Crippen LogP contribution in [0.1, 0.15) is 12.0 Å². The molecule has 19 heavy (non-hydrogen) atoms. The van der Waals surface area contributed by atoms with E-state index < -0.39 is 5.79 Å². The fraction of sp³-hybridized carbons (Fsp3) is 0.500. The van der Waals surface area contributed by atoms with E-state index in [4.69, 9.17) is 14.2 Å². The van der Waals surface area contributed by atoms with Crippen LogP contribution in [0.5, 0.6) is 0 Å². The van der Waals surface area contributed by atoms with Gasteiger partial charge in [-0.3, -0.25) is 10.1 Å². The summed E-state index contributed by atoms with van der Waals surface area (Å²) in [7, 11) is 0. The highest BCUT2D eigenvalue weighted by atomic mass is 16.7. The second kappa shape index (κ2) is 5.28. The number of carbonyl (C=O) groups is 1. The zero-order valence-corrected chi connectivity index (χ0v) is 10.6. The van der Waals surface area contributed by atoms with E-state index in [9.17, 15) is 4.79 Å². The van der Waals surface area contributed by atoms with Gasteiger partial charge in [-0.05, 0) is 5.56 Å². The summed E-state index contributed by atoms with van der Waals surface area (Å²) < 4.78 is 16.4. The molecule has 5 heteroatoms. The Labute approximate surface area is 111 Å². The molecular formula is C14H17NO4. The van der Waals surface area contributed by atoms with Crippen molar-refractivity contribution in [2.24, 2.45) is 0 Å². The SMILES string of the molecule is O=C(OCc1ccccc1)C1CC2(CN1)OCCO2. The molecule has 1 spiro atoms. The molecule has 2 saturated heterocycles. The van der Waals surface area contributed by atoms with Crippen LogP contribution in [0.2, 0.25) is 0 Å². The molecule has 3 rings (SSSR count). The first-order valence-corrected chi connectivity index (χ1v) is 6.49. The first-order chi connectivity index (χ1) is 9.27. The van der Waals surface area contributed by atoms with Crippen molar-refractivity contribution in [3.05, 3.63) is 35.9 Å². The summed E-state index contributed by atoms with van der Waals surface area (Å²) >= 11 is 0. The number of hydrogen-bond acceptors (Lipinski definition) is 5. The van der Waals surface area contributed by atoms with E-state index in [1.807, 2.05) is 30.3 Å². The van der Waals surface area contributed by atoms with Gasteiger partial charge in [0.2, 0.25) is 0 Å². The van der Waals surface area contributed by atoms with Crippen molar-refractivity contribution in [2.75, 3.05) is 19.8 Å². The lowest BCUT2D eigenvalue weighted by Gasteiger charge is -2.19. The summed E-state index contributed by atoms with van der Waals surface area (Å²) in [6.45, 7) is 2.02. The van der Waals surface area contributed by atoms with Gasteiger partial charge in [-0.25, -0.2) is 0 Å². The standard InChI is InChI=1S/C14H17NO4/c16-13(17-9-11-4-2-1-3-5-11)12-8-14(10-15-12)18-6-7-19-14/h1-5,12,15H,6-10H2. The van der Waals surface area contributed by atoms with Gasteiger partial charge in [0.15, 0.2) is 5.79 Å². The second-order valence-electron chi connectivity index (χ2n) is 4.84. The number of hydrogen-bond donors (Lipinski definition) is 1. The maximum atomic E-state index is 12.0. The molecule has 1 unspecified atom stereocenters. The topological polar surface area (TPSA) is 56.8 Å². The van der Waals surface area contributed by atoms with Gasteiger partial charge < -0.3 is 14.2 Å². The number of nitrogens with one attached hydrogen (secondary N) is 1. The van der Waals surface area contributed by atoms with Crippen LogP contribution in [0.25, 0.3) is 0 Å². The number of benzene rings is 1. The first-order valence-electron chi connectivity index (χ1n) is 6.49. The summed E-state index contributed by atoms with van der Waals surface area (Å²) in [5, 5.41) is 3.10. The molecule has 1 N–H and O–H groups in total. The van der Waals surface area contributed by atoms with E-state index in [2.05, 4.69) is 5.32 Å². The van der Waals surface area contributed by atoms with Crippen LogP contribution < -0.4 is 5.32 Å². The third-order valence-corrected chi connectivity index (χ3v) is 3.45. The predicted octanol–water partition coefficient (Wildman–Crippen LogP) is 0.835. The number of ether oxygens (including phenoxy) is 3. The Kier molecular flexibility index (Phi) is 3.50. The van der Waals surface area contributed by atoms with E-state index in [-0.39, 0.29) is 12.0 Å². The Morgan fingerprint density at radius 1 is 1.32 bits per heavy atom. The van der Waals surface area contributed by atoms with Gasteiger partial charge in [0.05, 0.1) is 19.8 Å². The van der Waals surface area contributed by atoms with Crippen molar-refractivity contribution < 1.29 is 19.0 Å². The lowest BCUT2D eigenvalue weighted by molar-refractivity contribution is -0.154. The van der Waals surface area contributed by atoms with Gasteiger partial charge in [0.1, 0.15) is 12.6 Å². The summed E-state index contributed by atoms with van der Waals surface area (Å²) in [5.41, 5.74) is 0.983. The van der Waals surface area contributed by atoms with Gasteiger partial charge in [0, 0.05) is 6.42 Å². The maximum absolute atomic E-state index is 12.0. The van der Waals surface area contributed by atoms with Crippen LogP contribution in [0, 0.1) is 0 Å². The molecule has 2 aliphatic heterocycles. The highest BCUT2D eigenvalue weighted by Crippen LogP contribution is 2.29. The molecule has 102 valence electrons. The van der Waals surface area contributed by atoms with Crippen LogP contribution in [0.4, 0.5) is 0 Å². The average Bonchev–Trinajstić information content (AvgIpc) is 3.08. The Hall–Kier alpha value is -1.43. The Bertz CT molecular complexity index is 442. The van der Waals surface area contributed by atoms with E-state index >= 15 is 0 Å². The van der Waals surface area contributed by atoms with Gasteiger partial charge >= 0.3 is 5.97 Å². The van der Waals surface area contributed by atoms with E-state index in [1.165, 1.54) is 0 Å². The minimum absolute atomic E-state index is 0.250. The molecular weight excluding hydrogens is 246 g/mol. The molecule has 1 aromatic rings. The van der Waals surface area contributed by atoms with Crippen LogP contribution in [-0.2, 0) is 25.6 Å². The zero-order valence-electron chi connectivity index (χ0n) is 10.6. The van der Waals surface area contributed by atoms with Gasteiger partial charge in [-0.2, -0.15) is 0 Å². The quantitative estimate of drug-likeness (QED) is 0.819. The normalized spacial score (nSPS) is 24.7. The number of rotatable bonds is 3. The summed E-state index contributed by atoms with van der Waals surface area (Å²) in [5.74, 6) is -0.865. The predicted molar refractivity (Wildman–Crippen MR) is 67.3 cm³/mol. The molecule has 2 fully saturated rings. The molecule has 0 radical (unpaired) electrons. The van der Waals surface area contributed by atoms with Crippen LogP contribution >= 0.6 is 0 Å². The summed E-state index contributed by atoms with van der Waals surface area (Å²) in [4.78, 5) is 12.0. The van der Waals surface area contributed by atoms with Crippen LogP contribution in [-0.4, -0.2) is 37.6 Å². The monoisotopic (exact) mass is 263 g/mol. The highest BCUT2D eigenvalue weighted by molar-refractivity contribution is 5.76. The molecule has 5 nitrogen and oxygen atoms in total. The van der Waals surface area contributed by atoms with Crippen molar-refractivity contribution >= 4 is 5.97 Å². The molecule has 0 aliphatic carbocycles. The molecule has 0 saturated carbocycles. The minimum atomic E-state index is -0.615. The fourth-order valence-electron chi connectivity index (χ4n) is 2.45. The Balaban J connectivity index is 1.51. The fourth-order valence-corrected chi connectivity index (χ4v) is 2.45. The van der Waals surface area contributed by atoms with Gasteiger partial charge in [0.25, 0.3) is 0 Å². The second-order valence-corrected chi connectivity index (χ2v) is 4.84. The highest BCUT2D eigenvalue weighted by Gasteiger charge is 2.46. The zero-order chi connectivity index (χ0) is 13.1. The van der Waals surface area contributed by atoms with Gasteiger partial charge in [-0.15, -0.1) is 0 Å². The smallest absolute Gasteiger partial charge is 0.323 e. The summed E-state index contributed by atoms with van der Waals surface area (Å²) in [6, 6.07) is 9.29. The van der Waals surface area contributed by atoms with E-state index in [0.717, 1.165) is 5.56 Å². The molecule has 0 bridgehead atoms. The largest absolute Gasteiger partial charge is 0.460 e. The maximum Gasteiger partial charge on any atom is 0.323 e. The third kappa shape index (κ3) is 2.78. The van der Waals surface area contributed by atoms with Crippen molar-refractivity contribution in [2.45, 2.75) is 24.9 Å². The van der Waals surface area contributed by atoms with E-state index in [0.29, 0.717) is 32.8 Å². The average molecular weight is 263 g/mol. The lowest BCUT2D eigenvalue weighted by atomic mass is 10.1. The molecule has 0 aromatic heterocycles. The molecule has 2 aliphatic rings. The molecule has 1 aromatic carbocycles. The van der Waals surface area contributed by atoms with Crippen molar-refractivity contribution in [3.63, 3.8) is 0 Å². The van der Waals surface area contributed by atoms with E-state index in [1.54, 1.807) is 0 Å². The minimum Gasteiger partial charge on any atom is -0.460 e. The Morgan fingerprint density at radius 3 is 2.79 bits per heavy atom. The lowest BCUT2D eigenvalue weighted by Crippen LogP contribution is -2.32. The van der Waals surface area contributed by atoms with Crippen LogP contribution in [0.15, 0.2) is 30.3 Å². The number of carbonyl (C=O) groups excluding carboxylic acids is 1. The molecule has 0 amide bonds. The molecule has 1 atom stereocenters. The van der Waals surface area contributed by atoms with Crippen molar-refractivity contribution in [1.29, 1.82) is 0 Å². The Morgan fingerprint density at radius 2 is 2.05 bits per heavy atom. The van der Waals surface area contributed by atoms with Crippen LogP contribution in [0.3, 0.4) is 0 Å². The summed E-state index contributed by atoms with van der Waals surface area (Å²) in [6.07, 6.45) is 0.515. The van der Waals surface area contributed by atoms with Crippen molar-refractivity contribution in [1.82, 2.24) is 5.32 Å². The van der Waals surface area contributed by atoms with Crippen molar-refractivity contribution in [3.8, 4) is 0 Å². The first kappa shape index (κ1) is 12.6. The third-order valence-electron chi connectivity index (χ3n) is 3.45. The number of esters is 1. The van der Waals surface area contributed by atoms with Gasteiger partial charge in [-0.1, -0.05) is 30.3 Å². The molecule has 2 heterocycles.